The summed E-state index contributed by atoms with van der Waals surface area (Å²) in [5.74, 6) is -0.737. The van der Waals surface area contributed by atoms with E-state index in [0.717, 1.165) is 29.2 Å². The van der Waals surface area contributed by atoms with Crippen molar-refractivity contribution in [2.75, 3.05) is 5.32 Å². The molecule has 0 fully saturated rings. The Balaban J connectivity index is 1.61. The van der Waals surface area contributed by atoms with E-state index in [1.54, 1.807) is 12.1 Å². The van der Waals surface area contributed by atoms with Crippen molar-refractivity contribution in [1.82, 2.24) is 9.55 Å². The number of aryl methyl sites for hydroxylation is 2. The first-order valence-electron chi connectivity index (χ1n) is 9.94. The van der Waals surface area contributed by atoms with E-state index in [1.807, 2.05) is 18.4 Å². The summed E-state index contributed by atoms with van der Waals surface area (Å²) in [6.45, 7) is 4.68. The summed E-state index contributed by atoms with van der Waals surface area (Å²) in [6, 6.07) is 16.4. The van der Waals surface area contributed by atoms with Gasteiger partial charge in [0.15, 0.2) is 5.13 Å². The maximum absolute atomic E-state index is 13.1. The zero-order valence-corrected chi connectivity index (χ0v) is 18.2. The SMILES string of the molecule is Cc1ccc(CCn2c(-c3csc(Nc4ccc(F)cc4)n3)cc(C(N)=O)c2C)cc1. The Morgan fingerprint density at radius 2 is 1.84 bits per heavy atom. The Morgan fingerprint density at radius 3 is 2.52 bits per heavy atom. The van der Waals surface area contributed by atoms with Gasteiger partial charge in [0.25, 0.3) is 5.91 Å². The van der Waals surface area contributed by atoms with Crippen LogP contribution in [0, 0.1) is 19.7 Å². The maximum atomic E-state index is 13.1. The maximum Gasteiger partial charge on any atom is 0.250 e. The molecule has 0 atom stereocenters. The molecule has 2 heterocycles. The molecule has 31 heavy (non-hydrogen) atoms. The number of halogens is 1. The van der Waals surface area contributed by atoms with Gasteiger partial charge in [0.05, 0.1) is 17.0 Å². The van der Waals surface area contributed by atoms with Crippen LogP contribution >= 0.6 is 11.3 Å². The Kier molecular flexibility index (Phi) is 5.86. The summed E-state index contributed by atoms with van der Waals surface area (Å²) >= 11 is 1.45. The second-order valence-electron chi connectivity index (χ2n) is 7.45. The number of nitrogens with zero attached hydrogens (tertiary/aromatic N) is 2. The molecule has 0 aliphatic carbocycles. The van der Waals surface area contributed by atoms with Gasteiger partial charge in [-0.25, -0.2) is 9.37 Å². The highest BCUT2D eigenvalue weighted by molar-refractivity contribution is 7.14. The summed E-state index contributed by atoms with van der Waals surface area (Å²) < 4.78 is 15.2. The first-order valence-corrected chi connectivity index (χ1v) is 10.8. The second kappa shape index (κ2) is 8.73. The third-order valence-corrected chi connectivity index (χ3v) is 6.00. The molecule has 0 aliphatic rings. The van der Waals surface area contributed by atoms with Crippen LogP contribution in [-0.4, -0.2) is 15.5 Å². The van der Waals surface area contributed by atoms with Gasteiger partial charge < -0.3 is 15.6 Å². The van der Waals surface area contributed by atoms with Gasteiger partial charge in [-0.15, -0.1) is 11.3 Å². The van der Waals surface area contributed by atoms with E-state index in [0.29, 0.717) is 17.2 Å². The van der Waals surface area contributed by atoms with Gasteiger partial charge in [-0.3, -0.25) is 4.79 Å². The van der Waals surface area contributed by atoms with Crippen LogP contribution in [0.3, 0.4) is 0 Å². The minimum absolute atomic E-state index is 0.286. The van der Waals surface area contributed by atoms with E-state index in [2.05, 4.69) is 46.1 Å². The van der Waals surface area contributed by atoms with Crippen LogP contribution < -0.4 is 11.1 Å². The Bertz CT molecular complexity index is 1210. The van der Waals surface area contributed by atoms with Crippen LogP contribution in [0.15, 0.2) is 60.0 Å². The lowest BCUT2D eigenvalue weighted by Gasteiger charge is -2.11. The third-order valence-electron chi connectivity index (χ3n) is 5.24. The lowest BCUT2D eigenvalue weighted by molar-refractivity contribution is 0.0999. The number of aromatic nitrogens is 2. The molecule has 0 bridgehead atoms. The van der Waals surface area contributed by atoms with Crippen LogP contribution in [0.2, 0.25) is 0 Å². The molecule has 1 amide bonds. The minimum atomic E-state index is -0.451. The fourth-order valence-electron chi connectivity index (χ4n) is 3.50. The number of benzene rings is 2. The quantitative estimate of drug-likeness (QED) is 0.406. The standard InChI is InChI=1S/C24H23FN4OS/c1-15-3-5-17(6-4-15)11-12-29-16(2)20(23(26)30)13-22(29)21-14-31-24(28-21)27-19-9-7-18(25)8-10-19/h3-10,13-14H,11-12H2,1-2H3,(H2,26,30)(H,27,28). The van der Waals surface area contributed by atoms with Gasteiger partial charge >= 0.3 is 0 Å². The smallest absolute Gasteiger partial charge is 0.250 e. The number of nitrogens with one attached hydrogen (secondary N) is 1. The van der Waals surface area contributed by atoms with Crippen molar-refractivity contribution in [3.63, 3.8) is 0 Å². The lowest BCUT2D eigenvalue weighted by atomic mass is 10.1. The van der Waals surface area contributed by atoms with Crippen molar-refractivity contribution >= 4 is 28.1 Å². The number of rotatable bonds is 7. The van der Waals surface area contributed by atoms with E-state index in [4.69, 9.17) is 5.73 Å². The molecule has 4 aromatic rings. The molecule has 0 spiro atoms. The zero-order chi connectivity index (χ0) is 22.0. The van der Waals surface area contributed by atoms with Crippen LogP contribution in [0.1, 0.15) is 27.2 Å². The normalized spacial score (nSPS) is 10.9. The topological polar surface area (TPSA) is 72.9 Å². The number of carbonyl (C=O) groups excluding carboxylic acids is 1. The predicted octanol–water partition coefficient (Wildman–Crippen LogP) is 5.45. The Hall–Kier alpha value is -3.45. The van der Waals surface area contributed by atoms with Crippen molar-refractivity contribution in [2.24, 2.45) is 5.73 Å². The monoisotopic (exact) mass is 434 g/mol. The summed E-state index contributed by atoms with van der Waals surface area (Å²) in [6.07, 6.45) is 0.825. The van der Waals surface area contributed by atoms with Crippen molar-refractivity contribution in [3.8, 4) is 11.4 Å². The number of hydrogen-bond acceptors (Lipinski definition) is 4. The predicted molar refractivity (Wildman–Crippen MR) is 123 cm³/mol. The average Bonchev–Trinajstić information content (AvgIpc) is 3.33. The van der Waals surface area contributed by atoms with Crippen LogP contribution in [0.4, 0.5) is 15.2 Å². The van der Waals surface area contributed by atoms with E-state index < -0.39 is 5.91 Å². The highest BCUT2D eigenvalue weighted by Gasteiger charge is 2.18. The number of anilines is 2. The van der Waals surface area contributed by atoms with Gasteiger partial charge in [0.1, 0.15) is 5.82 Å². The molecular weight excluding hydrogens is 411 g/mol. The van der Waals surface area contributed by atoms with Crippen LogP contribution in [-0.2, 0) is 13.0 Å². The first kappa shape index (κ1) is 20.8. The molecule has 0 saturated heterocycles. The summed E-state index contributed by atoms with van der Waals surface area (Å²) in [7, 11) is 0. The van der Waals surface area contributed by atoms with Crippen molar-refractivity contribution in [1.29, 1.82) is 0 Å². The van der Waals surface area contributed by atoms with E-state index in [9.17, 15) is 9.18 Å². The molecule has 7 heteroatoms. The number of carbonyl (C=O) groups is 1. The van der Waals surface area contributed by atoms with Crippen LogP contribution in [0.25, 0.3) is 11.4 Å². The highest BCUT2D eigenvalue weighted by Crippen LogP contribution is 2.30. The molecule has 0 unspecified atom stereocenters. The van der Waals surface area contributed by atoms with Crippen molar-refractivity contribution in [3.05, 3.63) is 88.2 Å². The molecular formula is C24H23FN4OS. The van der Waals surface area contributed by atoms with Crippen molar-refractivity contribution < 1.29 is 9.18 Å². The molecule has 2 aromatic heterocycles. The fraction of sp³-hybridized carbons (Fsp3) is 0.167. The van der Waals surface area contributed by atoms with E-state index >= 15 is 0 Å². The number of hydrogen-bond donors (Lipinski definition) is 2. The number of amides is 1. The molecule has 2 aromatic carbocycles. The summed E-state index contributed by atoms with van der Waals surface area (Å²) in [5, 5.41) is 5.81. The van der Waals surface area contributed by atoms with E-state index in [1.165, 1.54) is 34.6 Å². The third kappa shape index (κ3) is 4.67. The zero-order valence-electron chi connectivity index (χ0n) is 17.4. The second-order valence-corrected chi connectivity index (χ2v) is 8.31. The molecule has 0 aliphatic heterocycles. The van der Waals surface area contributed by atoms with Gasteiger partial charge in [-0.1, -0.05) is 29.8 Å². The molecule has 4 rings (SSSR count). The Morgan fingerprint density at radius 1 is 1.13 bits per heavy atom. The number of primary amides is 1. The minimum Gasteiger partial charge on any atom is -0.366 e. The molecule has 3 N–H and O–H groups in total. The van der Waals surface area contributed by atoms with Gasteiger partial charge in [0, 0.05) is 23.3 Å². The molecule has 0 saturated carbocycles. The summed E-state index contributed by atoms with van der Waals surface area (Å²) in [4.78, 5) is 16.6. The van der Waals surface area contributed by atoms with Crippen molar-refractivity contribution in [2.45, 2.75) is 26.8 Å². The highest BCUT2D eigenvalue weighted by atomic mass is 32.1. The molecule has 0 radical (unpaired) electrons. The average molecular weight is 435 g/mol. The van der Waals surface area contributed by atoms with Gasteiger partial charge in [0.2, 0.25) is 0 Å². The van der Waals surface area contributed by atoms with Gasteiger partial charge in [-0.2, -0.15) is 0 Å². The first-order chi connectivity index (χ1) is 14.9. The van der Waals surface area contributed by atoms with Crippen LogP contribution in [0.5, 0.6) is 0 Å². The fourth-order valence-corrected chi connectivity index (χ4v) is 4.22. The van der Waals surface area contributed by atoms with Gasteiger partial charge in [-0.05, 0) is 56.2 Å². The largest absolute Gasteiger partial charge is 0.366 e. The van der Waals surface area contributed by atoms with E-state index in [-0.39, 0.29) is 5.82 Å². The number of nitrogens with two attached hydrogens (primary N) is 1. The molecule has 158 valence electrons. The number of thiazole rings is 1. The Labute approximate surface area is 184 Å². The summed E-state index contributed by atoms with van der Waals surface area (Å²) in [5.41, 5.74) is 11.7. The lowest BCUT2D eigenvalue weighted by Crippen LogP contribution is -2.13. The molecule has 5 nitrogen and oxygen atoms in total.